The molecule has 13 heteroatoms. The molecule has 0 aliphatic rings. The maximum atomic E-state index is 12.5. The SMILES string of the molecule is Cc1nonc1C(=O)NCc1cn2ncc(CNC(=O)C[C@H](C)C(F)(F)F)cc2n1. The van der Waals surface area contributed by atoms with Crippen molar-refractivity contribution in [1.29, 1.82) is 0 Å². The summed E-state index contributed by atoms with van der Waals surface area (Å²) in [6.07, 6.45) is -1.99. The van der Waals surface area contributed by atoms with Crippen molar-refractivity contribution in [3.05, 3.63) is 41.1 Å². The lowest BCUT2D eigenvalue weighted by molar-refractivity contribution is -0.174. The largest absolute Gasteiger partial charge is 0.392 e. The zero-order valence-corrected chi connectivity index (χ0v) is 16.0. The van der Waals surface area contributed by atoms with Crippen LogP contribution in [-0.4, -0.2) is 42.9 Å². The summed E-state index contributed by atoms with van der Waals surface area (Å²) in [7, 11) is 0. The summed E-state index contributed by atoms with van der Waals surface area (Å²) in [6, 6.07) is 1.64. The van der Waals surface area contributed by atoms with Crippen LogP contribution in [-0.2, 0) is 17.9 Å². The molecule has 30 heavy (non-hydrogen) atoms. The van der Waals surface area contributed by atoms with Crippen LogP contribution in [0.2, 0.25) is 0 Å². The van der Waals surface area contributed by atoms with Crippen LogP contribution in [0.1, 0.15) is 40.8 Å². The highest BCUT2D eigenvalue weighted by Crippen LogP contribution is 2.28. The Bertz CT molecular complexity index is 1060. The fourth-order valence-electron chi connectivity index (χ4n) is 2.51. The van der Waals surface area contributed by atoms with Gasteiger partial charge in [-0.1, -0.05) is 12.1 Å². The molecule has 0 radical (unpaired) electrons. The monoisotopic (exact) mass is 425 g/mol. The highest BCUT2D eigenvalue weighted by atomic mass is 19.4. The van der Waals surface area contributed by atoms with Crippen molar-refractivity contribution in [2.24, 2.45) is 5.92 Å². The molecular formula is C17H18F3N7O3. The predicted octanol–water partition coefficient (Wildman–Crippen LogP) is 1.56. The molecule has 0 spiro atoms. The molecule has 2 amide bonds. The molecule has 0 aliphatic carbocycles. The first kappa shape index (κ1) is 21.2. The summed E-state index contributed by atoms with van der Waals surface area (Å²) in [5, 5.41) is 16.3. The third-order valence-electron chi connectivity index (χ3n) is 4.26. The van der Waals surface area contributed by atoms with Gasteiger partial charge in [0.2, 0.25) is 5.91 Å². The van der Waals surface area contributed by atoms with Crippen molar-refractivity contribution in [3.8, 4) is 0 Å². The highest BCUT2D eigenvalue weighted by Gasteiger charge is 2.37. The number of hydrogen-bond acceptors (Lipinski definition) is 7. The van der Waals surface area contributed by atoms with E-state index in [9.17, 15) is 22.8 Å². The van der Waals surface area contributed by atoms with Crippen LogP contribution in [0.3, 0.4) is 0 Å². The lowest BCUT2D eigenvalue weighted by atomic mass is 10.1. The van der Waals surface area contributed by atoms with Crippen LogP contribution in [0.4, 0.5) is 13.2 Å². The Labute approximate surface area is 167 Å². The quantitative estimate of drug-likeness (QED) is 0.588. The number of halogens is 3. The Morgan fingerprint density at radius 1 is 1.23 bits per heavy atom. The average Bonchev–Trinajstić information content (AvgIpc) is 3.28. The molecule has 3 heterocycles. The minimum Gasteiger partial charge on any atom is -0.352 e. The minimum absolute atomic E-state index is 0.0181. The number of nitrogens with zero attached hydrogens (tertiary/aromatic N) is 5. The number of aryl methyl sites for hydroxylation is 1. The summed E-state index contributed by atoms with van der Waals surface area (Å²) >= 11 is 0. The number of amides is 2. The van der Waals surface area contributed by atoms with Crippen molar-refractivity contribution in [2.45, 2.75) is 39.5 Å². The second-order valence-electron chi connectivity index (χ2n) is 6.70. The van der Waals surface area contributed by atoms with E-state index in [1.54, 1.807) is 19.2 Å². The molecule has 0 aliphatic heterocycles. The van der Waals surface area contributed by atoms with E-state index in [-0.39, 0.29) is 18.8 Å². The number of hydrogen-bond donors (Lipinski definition) is 2. The van der Waals surface area contributed by atoms with Gasteiger partial charge < -0.3 is 10.6 Å². The standard InChI is InChI=1S/C17H18F3N7O3/c1-9(17(18,19)20)3-14(28)21-5-11-4-13-24-12(8-27(13)23-6-11)7-22-16(29)15-10(2)25-30-26-15/h4,6,8-9H,3,5,7H2,1-2H3,(H,21,28)(H,22,29)/t9-/m0/s1. The third kappa shape index (κ3) is 5.10. The summed E-state index contributed by atoms with van der Waals surface area (Å²) < 4.78 is 43.5. The molecule has 0 unspecified atom stereocenters. The molecule has 160 valence electrons. The fourth-order valence-corrected chi connectivity index (χ4v) is 2.51. The summed E-state index contributed by atoms with van der Waals surface area (Å²) in [5.41, 5.74) is 1.98. The number of nitrogens with one attached hydrogen (secondary N) is 2. The van der Waals surface area contributed by atoms with Gasteiger partial charge in [-0.15, -0.1) is 0 Å². The molecule has 2 N–H and O–H groups in total. The van der Waals surface area contributed by atoms with Gasteiger partial charge in [0.1, 0.15) is 5.69 Å². The molecule has 1 atom stereocenters. The van der Waals surface area contributed by atoms with Crippen LogP contribution in [0.5, 0.6) is 0 Å². The van der Waals surface area contributed by atoms with Gasteiger partial charge in [0.05, 0.1) is 30.6 Å². The molecular weight excluding hydrogens is 407 g/mol. The third-order valence-corrected chi connectivity index (χ3v) is 4.26. The smallest absolute Gasteiger partial charge is 0.352 e. The molecule has 3 aromatic heterocycles. The van der Waals surface area contributed by atoms with Gasteiger partial charge in [-0.2, -0.15) is 18.3 Å². The zero-order chi connectivity index (χ0) is 21.9. The number of alkyl halides is 3. The first-order chi connectivity index (χ1) is 14.1. The Balaban J connectivity index is 1.57. The maximum absolute atomic E-state index is 12.5. The number of rotatable bonds is 7. The normalized spacial score (nSPS) is 12.7. The Morgan fingerprint density at radius 3 is 2.67 bits per heavy atom. The fraction of sp³-hybridized carbons (Fsp3) is 0.412. The molecule has 0 saturated carbocycles. The topological polar surface area (TPSA) is 127 Å². The first-order valence-electron chi connectivity index (χ1n) is 8.87. The van der Waals surface area contributed by atoms with Crippen molar-refractivity contribution < 1.29 is 27.4 Å². The lowest BCUT2D eigenvalue weighted by Gasteiger charge is -2.14. The first-order valence-corrected chi connectivity index (χ1v) is 8.87. The van der Waals surface area contributed by atoms with Crippen molar-refractivity contribution >= 4 is 17.5 Å². The summed E-state index contributed by atoms with van der Waals surface area (Å²) in [4.78, 5) is 28.0. The van der Waals surface area contributed by atoms with Gasteiger partial charge >= 0.3 is 6.18 Å². The maximum Gasteiger partial charge on any atom is 0.392 e. The van der Waals surface area contributed by atoms with Crippen molar-refractivity contribution in [2.75, 3.05) is 0 Å². The zero-order valence-electron chi connectivity index (χ0n) is 16.0. The van der Waals surface area contributed by atoms with Crippen LogP contribution in [0.15, 0.2) is 23.1 Å². The average molecular weight is 425 g/mol. The Hall–Kier alpha value is -3.51. The second kappa shape index (κ2) is 8.47. The summed E-state index contributed by atoms with van der Waals surface area (Å²) in [6.45, 7) is 2.67. The number of fused-ring (bicyclic) bond motifs is 1. The molecule has 10 nitrogen and oxygen atoms in total. The van der Waals surface area contributed by atoms with E-state index in [0.29, 0.717) is 22.6 Å². The number of carbonyl (C=O) groups is 2. The van der Waals surface area contributed by atoms with E-state index in [1.807, 2.05) is 0 Å². The van der Waals surface area contributed by atoms with Gasteiger partial charge in [0.25, 0.3) is 5.91 Å². The Morgan fingerprint density at radius 2 is 2.00 bits per heavy atom. The molecule has 3 rings (SSSR count). The van der Waals surface area contributed by atoms with E-state index in [1.165, 1.54) is 10.7 Å². The van der Waals surface area contributed by atoms with Gasteiger partial charge in [-0.3, -0.25) is 9.59 Å². The molecule has 0 fully saturated rings. The van der Waals surface area contributed by atoms with E-state index in [0.717, 1.165) is 6.92 Å². The molecule has 0 aromatic carbocycles. The molecule has 0 saturated heterocycles. The summed E-state index contributed by atoms with van der Waals surface area (Å²) in [5.74, 6) is -2.89. The lowest BCUT2D eigenvalue weighted by Crippen LogP contribution is -2.29. The Kier molecular flexibility index (Phi) is 5.99. The predicted molar refractivity (Wildman–Crippen MR) is 94.9 cm³/mol. The van der Waals surface area contributed by atoms with Crippen molar-refractivity contribution in [3.63, 3.8) is 0 Å². The number of aromatic nitrogens is 5. The highest BCUT2D eigenvalue weighted by molar-refractivity contribution is 5.92. The van der Waals surface area contributed by atoms with E-state index in [2.05, 4.69) is 35.7 Å². The van der Waals surface area contributed by atoms with Crippen LogP contribution in [0.25, 0.3) is 5.65 Å². The van der Waals surface area contributed by atoms with Crippen LogP contribution in [0, 0.1) is 12.8 Å². The van der Waals surface area contributed by atoms with E-state index >= 15 is 0 Å². The second-order valence-corrected chi connectivity index (χ2v) is 6.70. The van der Waals surface area contributed by atoms with E-state index in [4.69, 9.17) is 0 Å². The number of imidazole rings is 1. The minimum atomic E-state index is -4.41. The molecule has 3 aromatic rings. The molecule has 0 bridgehead atoms. The van der Waals surface area contributed by atoms with Gasteiger partial charge in [-0.25, -0.2) is 14.1 Å². The van der Waals surface area contributed by atoms with Gasteiger partial charge in [0.15, 0.2) is 11.3 Å². The van der Waals surface area contributed by atoms with Crippen molar-refractivity contribution in [1.82, 2.24) is 35.5 Å². The van der Waals surface area contributed by atoms with Crippen LogP contribution >= 0.6 is 0 Å². The van der Waals surface area contributed by atoms with E-state index < -0.39 is 30.3 Å². The number of carbonyl (C=O) groups excluding carboxylic acids is 2. The van der Waals surface area contributed by atoms with Crippen LogP contribution < -0.4 is 10.6 Å². The van der Waals surface area contributed by atoms with Gasteiger partial charge in [0, 0.05) is 13.0 Å². The van der Waals surface area contributed by atoms with Gasteiger partial charge in [-0.05, 0) is 23.7 Å².